The molecule has 1 aromatic carbocycles. The predicted octanol–water partition coefficient (Wildman–Crippen LogP) is 1.77. The van der Waals surface area contributed by atoms with Gasteiger partial charge in [0.25, 0.3) is 0 Å². The summed E-state index contributed by atoms with van der Waals surface area (Å²) in [5, 5.41) is 4.71. The first-order valence-corrected chi connectivity index (χ1v) is 5.20. The summed E-state index contributed by atoms with van der Waals surface area (Å²) in [6.45, 7) is 6.26. The van der Waals surface area contributed by atoms with Crippen molar-refractivity contribution < 1.29 is 4.79 Å². The van der Waals surface area contributed by atoms with Crippen LogP contribution in [0.15, 0.2) is 36.9 Å². The Kier molecular flexibility index (Phi) is 4.54. The zero-order valence-electron chi connectivity index (χ0n) is 9.66. The highest BCUT2D eigenvalue weighted by atomic mass is 16.1. The van der Waals surface area contributed by atoms with Gasteiger partial charge in [0.15, 0.2) is 0 Å². The van der Waals surface area contributed by atoms with E-state index < -0.39 is 0 Å². The number of anilines is 2. The van der Waals surface area contributed by atoms with Gasteiger partial charge in [0.2, 0.25) is 5.91 Å². The van der Waals surface area contributed by atoms with Crippen LogP contribution >= 0.6 is 0 Å². The minimum absolute atomic E-state index is 0.209. The quantitative estimate of drug-likeness (QED) is 0.586. The fraction of sp³-hybridized carbons (Fsp3) is 0.250. The van der Waals surface area contributed by atoms with Crippen LogP contribution in [0.1, 0.15) is 6.92 Å². The van der Waals surface area contributed by atoms with Crippen LogP contribution in [0.4, 0.5) is 11.4 Å². The van der Waals surface area contributed by atoms with Gasteiger partial charge in [-0.05, 0) is 25.1 Å². The molecule has 0 aliphatic carbocycles. The highest BCUT2D eigenvalue weighted by Crippen LogP contribution is 2.23. The molecule has 4 nitrogen and oxygen atoms in total. The Morgan fingerprint density at radius 1 is 1.50 bits per heavy atom. The lowest BCUT2D eigenvalue weighted by molar-refractivity contribution is -0.111. The number of carbonyl (C=O) groups is 1. The number of amides is 1. The first-order valence-electron chi connectivity index (χ1n) is 5.20. The Morgan fingerprint density at radius 3 is 2.75 bits per heavy atom. The molecule has 16 heavy (non-hydrogen) atoms. The number of hydrogen-bond acceptors (Lipinski definition) is 3. The van der Waals surface area contributed by atoms with Crippen molar-refractivity contribution in [2.75, 3.05) is 23.9 Å². The van der Waals surface area contributed by atoms with Crippen LogP contribution in [0.2, 0.25) is 0 Å². The lowest BCUT2D eigenvalue weighted by Crippen LogP contribution is -2.35. The van der Waals surface area contributed by atoms with E-state index >= 15 is 0 Å². The molecule has 0 bridgehead atoms. The van der Waals surface area contributed by atoms with E-state index in [1.54, 1.807) is 0 Å². The van der Waals surface area contributed by atoms with Crippen LogP contribution in [-0.2, 0) is 4.79 Å². The standard InChI is InChI=1S/C12H17N3O/c1-4-12(16)14-10-8-6-7-9-11(10)15(5-2)13-3/h4,6-9,13H,1,5H2,2-3H3,(H,14,16). The molecule has 0 aliphatic rings. The van der Waals surface area contributed by atoms with E-state index in [0.717, 1.165) is 17.9 Å². The Labute approximate surface area is 95.9 Å². The highest BCUT2D eigenvalue weighted by molar-refractivity contribution is 6.01. The van der Waals surface area contributed by atoms with Gasteiger partial charge in [0, 0.05) is 13.6 Å². The molecule has 0 saturated heterocycles. The van der Waals surface area contributed by atoms with Gasteiger partial charge in [-0.25, -0.2) is 5.43 Å². The summed E-state index contributed by atoms with van der Waals surface area (Å²) in [5.74, 6) is -0.209. The number of benzene rings is 1. The van der Waals surface area contributed by atoms with E-state index in [0.29, 0.717) is 0 Å². The molecular weight excluding hydrogens is 202 g/mol. The normalized spacial score (nSPS) is 9.62. The van der Waals surface area contributed by atoms with Gasteiger partial charge in [-0.3, -0.25) is 4.79 Å². The summed E-state index contributed by atoms with van der Waals surface area (Å²) in [5.41, 5.74) is 4.76. The number of nitrogens with one attached hydrogen (secondary N) is 2. The first kappa shape index (κ1) is 12.3. The third kappa shape index (κ3) is 2.84. The molecule has 4 heteroatoms. The summed E-state index contributed by atoms with van der Waals surface area (Å²) in [6.07, 6.45) is 1.26. The van der Waals surface area contributed by atoms with Crippen LogP contribution in [0, 0.1) is 0 Å². The molecule has 0 atom stereocenters. The van der Waals surface area contributed by atoms with E-state index in [1.165, 1.54) is 6.08 Å². The van der Waals surface area contributed by atoms with Crippen molar-refractivity contribution in [3.63, 3.8) is 0 Å². The van der Waals surface area contributed by atoms with Crippen LogP contribution in [0.5, 0.6) is 0 Å². The van der Waals surface area contributed by atoms with E-state index in [9.17, 15) is 4.79 Å². The van der Waals surface area contributed by atoms with E-state index in [4.69, 9.17) is 0 Å². The maximum absolute atomic E-state index is 11.3. The summed E-state index contributed by atoms with van der Waals surface area (Å²) in [4.78, 5) is 11.3. The lowest BCUT2D eigenvalue weighted by Gasteiger charge is -2.24. The molecule has 0 unspecified atom stereocenters. The molecule has 0 radical (unpaired) electrons. The maximum atomic E-state index is 11.3. The molecule has 0 fully saturated rings. The molecule has 0 saturated carbocycles. The van der Waals surface area contributed by atoms with Crippen molar-refractivity contribution in [2.24, 2.45) is 0 Å². The minimum atomic E-state index is -0.209. The SMILES string of the molecule is C=CC(=O)Nc1ccccc1N(CC)NC. The largest absolute Gasteiger partial charge is 0.321 e. The summed E-state index contributed by atoms with van der Waals surface area (Å²) in [6, 6.07) is 7.61. The topological polar surface area (TPSA) is 44.4 Å². The van der Waals surface area contributed by atoms with Gasteiger partial charge < -0.3 is 10.3 Å². The average molecular weight is 219 g/mol. The van der Waals surface area contributed by atoms with Crippen LogP contribution < -0.4 is 15.8 Å². The van der Waals surface area contributed by atoms with E-state index in [-0.39, 0.29) is 5.91 Å². The van der Waals surface area contributed by atoms with Gasteiger partial charge >= 0.3 is 0 Å². The van der Waals surface area contributed by atoms with Crippen molar-refractivity contribution in [3.8, 4) is 0 Å². The second-order valence-corrected chi connectivity index (χ2v) is 3.18. The zero-order valence-corrected chi connectivity index (χ0v) is 9.66. The first-order chi connectivity index (χ1) is 7.72. The molecular formula is C12H17N3O. The Morgan fingerprint density at radius 2 is 2.19 bits per heavy atom. The molecule has 0 aromatic heterocycles. The van der Waals surface area contributed by atoms with Crippen molar-refractivity contribution in [3.05, 3.63) is 36.9 Å². The number of hydrogen-bond donors (Lipinski definition) is 2. The Balaban J connectivity index is 2.99. The number of nitrogens with zero attached hydrogens (tertiary/aromatic N) is 1. The van der Waals surface area contributed by atoms with E-state index in [2.05, 4.69) is 17.3 Å². The van der Waals surface area contributed by atoms with Crippen LogP contribution in [0.3, 0.4) is 0 Å². The monoisotopic (exact) mass is 219 g/mol. The van der Waals surface area contributed by atoms with Gasteiger partial charge in [0.05, 0.1) is 11.4 Å². The summed E-state index contributed by atoms with van der Waals surface area (Å²) in [7, 11) is 1.84. The number of para-hydroxylation sites is 2. The van der Waals surface area contributed by atoms with E-state index in [1.807, 2.05) is 43.2 Å². The van der Waals surface area contributed by atoms with Crippen LogP contribution in [-0.4, -0.2) is 19.5 Å². The van der Waals surface area contributed by atoms with Gasteiger partial charge in [-0.15, -0.1) is 0 Å². The number of hydrazine groups is 1. The zero-order chi connectivity index (χ0) is 12.0. The van der Waals surface area contributed by atoms with Crippen molar-refractivity contribution in [1.82, 2.24) is 5.43 Å². The molecule has 1 rings (SSSR count). The van der Waals surface area contributed by atoms with Crippen LogP contribution in [0.25, 0.3) is 0 Å². The molecule has 2 N–H and O–H groups in total. The molecule has 0 heterocycles. The summed E-state index contributed by atoms with van der Waals surface area (Å²) < 4.78 is 0. The minimum Gasteiger partial charge on any atom is -0.321 e. The Hall–Kier alpha value is -1.81. The predicted molar refractivity (Wildman–Crippen MR) is 67.3 cm³/mol. The van der Waals surface area contributed by atoms with Gasteiger partial charge in [0.1, 0.15) is 0 Å². The second-order valence-electron chi connectivity index (χ2n) is 3.18. The third-order valence-electron chi connectivity index (χ3n) is 2.22. The number of carbonyl (C=O) groups excluding carboxylic acids is 1. The molecule has 0 spiro atoms. The highest BCUT2D eigenvalue weighted by Gasteiger charge is 2.08. The summed E-state index contributed by atoms with van der Waals surface area (Å²) >= 11 is 0. The van der Waals surface area contributed by atoms with Crippen molar-refractivity contribution in [1.29, 1.82) is 0 Å². The molecule has 0 aliphatic heterocycles. The van der Waals surface area contributed by atoms with Gasteiger partial charge in [-0.1, -0.05) is 18.7 Å². The van der Waals surface area contributed by atoms with Crippen molar-refractivity contribution >= 4 is 17.3 Å². The Bertz CT molecular complexity index is 372. The van der Waals surface area contributed by atoms with Crippen molar-refractivity contribution in [2.45, 2.75) is 6.92 Å². The maximum Gasteiger partial charge on any atom is 0.247 e. The molecule has 86 valence electrons. The molecule has 1 amide bonds. The fourth-order valence-corrected chi connectivity index (χ4v) is 1.45. The fourth-order valence-electron chi connectivity index (χ4n) is 1.45. The molecule has 1 aromatic rings. The van der Waals surface area contributed by atoms with Gasteiger partial charge in [-0.2, -0.15) is 0 Å². The smallest absolute Gasteiger partial charge is 0.247 e. The number of rotatable bonds is 5. The average Bonchev–Trinajstić information content (AvgIpc) is 2.32. The lowest BCUT2D eigenvalue weighted by atomic mass is 10.2. The third-order valence-corrected chi connectivity index (χ3v) is 2.22. The second kappa shape index (κ2) is 5.92.